The van der Waals surface area contributed by atoms with Gasteiger partial charge in [0.05, 0.1) is 11.1 Å². The van der Waals surface area contributed by atoms with Crippen molar-refractivity contribution in [3.05, 3.63) is 29.3 Å². The molecule has 4 aliphatic rings. The van der Waals surface area contributed by atoms with Crippen LogP contribution in [0.5, 0.6) is 0 Å². The van der Waals surface area contributed by atoms with Gasteiger partial charge in [-0.15, -0.1) is 0 Å². The van der Waals surface area contributed by atoms with Gasteiger partial charge in [-0.1, -0.05) is 0 Å². The van der Waals surface area contributed by atoms with Crippen molar-refractivity contribution in [2.45, 2.75) is 56.7 Å². The van der Waals surface area contributed by atoms with Crippen LogP contribution in [0.2, 0.25) is 0 Å². The number of nitrogens with one attached hydrogen (secondary N) is 2. The molecule has 5 rings (SSSR count). The quantitative estimate of drug-likeness (QED) is 0.718. The van der Waals surface area contributed by atoms with Crippen molar-refractivity contribution < 1.29 is 19.2 Å². The molecule has 29 heavy (non-hydrogen) atoms. The van der Waals surface area contributed by atoms with Crippen LogP contribution in [0.1, 0.15) is 59.2 Å². The molecule has 2 bridgehead atoms. The highest BCUT2D eigenvalue weighted by atomic mass is 16.2. The normalized spacial score (nSPS) is 29.6. The van der Waals surface area contributed by atoms with Gasteiger partial charge in [-0.05, 0) is 56.8 Å². The lowest BCUT2D eigenvalue weighted by molar-refractivity contribution is -0.136. The molecular weight excluding hydrogens is 372 g/mol. The maximum Gasteiger partial charge on any atom is 0.262 e. The number of carbonyl (C=O) groups is 4. The second kappa shape index (κ2) is 6.95. The van der Waals surface area contributed by atoms with Gasteiger partial charge in [0.1, 0.15) is 6.04 Å². The fourth-order valence-electron chi connectivity index (χ4n) is 5.23. The van der Waals surface area contributed by atoms with Crippen LogP contribution in [-0.4, -0.2) is 59.7 Å². The van der Waals surface area contributed by atoms with Gasteiger partial charge >= 0.3 is 0 Å². The fourth-order valence-corrected chi connectivity index (χ4v) is 5.23. The van der Waals surface area contributed by atoms with Crippen LogP contribution in [0.4, 0.5) is 5.69 Å². The van der Waals surface area contributed by atoms with Crippen LogP contribution < -0.4 is 15.5 Å². The van der Waals surface area contributed by atoms with Gasteiger partial charge in [-0.2, -0.15) is 0 Å². The predicted octanol–water partition coefficient (Wildman–Crippen LogP) is 0.809. The second-order valence-corrected chi connectivity index (χ2v) is 8.32. The molecule has 4 heterocycles. The van der Waals surface area contributed by atoms with E-state index in [-0.39, 0.29) is 18.7 Å². The van der Waals surface area contributed by atoms with Gasteiger partial charge < -0.3 is 10.2 Å². The minimum atomic E-state index is -0.926. The lowest BCUT2D eigenvalue weighted by Gasteiger charge is -2.42. The summed E-state index contributed by atoms with van der Waals surface area (Å²) in [4.78, 5) is 53.1. The number of carbonyl (C=O) groups excluding carboxylic acids is 4. The van der Waals surface area contributed by atoms with Crippen molar-refractivity contribution in [2.24, 2.45) is 0 Å². The van der Waals surface area contributed by atoms with E-state index in [1.807, 2.05) is 12.1 Å². The van der Waals surface area contributed by atoms with Crippen molar-refractivity contribution >= 4 is 29.3 Å². The molecule has 0 radical (unpaired) electrons. The molecule has 0 aromatic heterocycles. The lowest BCUT2D eigenvalue weighted by Crippen LogP contribution is -2.54. The van der Waals surface area contributed by atoms with Crippen LogP contribution in [0, 0.1) is 0 Å². The first-order chi connectivity index (χ1) is 14.0. The molecule has 0 saturated carbocycles. The van der Waals surface area contributed by atoms with E-state index in [2.05, 4.69) is 15.5 Å². The molecule has 1 aromatic carbocycles. The van der Waals surface area contributed by atoms with Gasteiger partial charge in [-0.25, -0.2) is 0 Å². The Balaban J connectivity index is 1.47. The number of amides is 4. The average Bonchev–Trinajstić information content (AvgIpc) is 2.87. The van der Waals surface area contributed by atoms with Crippen molar-refractivity contribution in [1.29, 1.82) is 0 Å². The summed E-state index contributed by atoms with van der Waals surface area (Å²) in [6.07, 6.45) is 4.80. The molecule has 3 saturated heterocycles. The zero-order valence-electron chi connectivity index (χ0n) is 16.1. The van der Waals surface area contributed by atoms with Crippen LogP contribution in [0.3, 0.4) is 0 Å². The van der Waals surface area contributed by atoms with Gasteiger partial charge in [0.25, 0.3) is 11.8 Å². The molecule has 0 spiro atoms. The molecule has 2 N–H and O–H groups in total. The third-order valence-corrected chi connectivity index (χ3v) is 6.62. The molecule has 8 heteroatoms. The van der Waals surface area contributed by atoms with E-state index < -0.39 is 23.8 Å². The van der Waals surface area contributed by atoms with Crippen molar-refractivity contribution in [2.75, 3.05) is 18.0 Å². The molecule has 3 unspecified atom stereocenters. The summed E-state index contributed by atoms with van der Waals surface area (Å²) in [5, 5.41) is 5.73. The van der Waals surface area contributed by atoms with Crippen molar-refractivity contribution in [1.82, 2.24) is 15.5 Å². The molecular formula is C21H24N4O4. The Hall–Kier alpha value is -2.74. The minimum Gasteiger partial charge on any atom is -0.364 e. The third kappa shape index (κ3) is 2.93. The van der Waals surface area contributed by atoms with E-state index in [4.69, 9.17) is 0 Å². The standard InChI is InChI=1S/C21H24N4O4/c26-18-7-6-17(19(27)23-18)25-20(28)15-5-4-13(10-16(15)21(25)29)24-12-2-1-3-14(24)11-22-9-8-12/h4-5,10,12,14,17,22H,1-3,6-9,11H2,(H,23,26,27). The Kier molecular flexibility index (Phi) is 4.38. The second-order valence-electron chi connectivity index (χ2n) is 8.32. The number of hydrogen-bond donors (Lipinski definition) is 2. The lowest BCUT2D eigenvalue weighted by atomic mass is 9.93. The van der Waals surface area contributed by atoms with E-state index in [1.165, 1.54) is 6.42 Å². The highest BCUT2D eigenvalue weighted by Gasteiger charge is 2.45. The predicted molar refractivity (Wildman–Crippen MR) is 105 cm³/mol. The highest BCUT2D eigenvalue weighted by molar-refractivity contribution is 6.23. The monoisotopic (exact) mass is 396 g/mol. The molecule has 4 amide bonds. The molecule has 152 valence electrons. The van der Waals surface area contributed by atoms with Crippen LogP contribution >= 0.6 is 0 Å². The molecule has 4 aliphatic heterocycles. The first-order valence-electron chi connectivity index (χ1n) is 10.4. The summed E-state index contributed by atoms with van der Waals surface area (Å²) < 4.78 is 0. The van der Waals surface area contributed by atoms with Crippen LogP contribution in [0.15, 0.2) is 18.2 Å². The van der Waals surface area contributed by atoms with Gasteiger partial charge in [0.2, 0.25) is 11.8 Å². The fraction of sp³-hybridized carbons (Fsp3) is 0.524. The van der Waals surface area contributed by atoms with Crippen LogP contribution in [0.25, 0.3) is 0 Å². The summed E-state index contributed by atoms with van der Waals surface area (Å²) >= 11 is 0. The van der Waals surface area contributed by atoms with E-state index in [0.29, 0.717) is 23.2 Å². The maximum absolute atomic E-state index is 13.1. The summed E-state index contributed by atoms with van der Waals surface area (Å²) in [7, 11) is 0. The molecule has 3 fully saturated rings. The Labute approximate surface area is 168 Å². The topological polar surface area (TPSA) is 98.8 Å². The molecule has 0 aliphatic carbocycles. The Bertz CT molecular complexity index is 900. The van der Waals surface area contributed by atoms with E-state index in [0.717, 1.165) is 42.9 Å². The SMILES string of the molecule is O=C1CCC(N2C(=O)c3ccc(N4C5CCCC4CNCC5)cc3C2=O)C(=O)N1. The maximum atomic E-state index is 13.1. The van der Waals surface area contributed by atoms with E-state index >= 15 is 0 Å². The number of fused-ring (bicyclic) bond motifs is 3. The van der Waals surface area contributed by atoms with E-state index in [1.54, 1.807) is 6.07 Å². The van der Waals surface area contributed by atoms with Crippen LogP contribution in [-0.2, 0) is 9.59 Å². The number of rotatable bonds is 2. The van der Waals surface area contributed by atoms with Crippen molar-refractivity contribution in [3.8, 4) is 0 Å². The summed E-state index contributed by atoms with van der Waals surface area (Å²) in [5.41, 5.74) is 1.66. The van der Waals surface area contributed by atoms with Gasteiger partial charge in [0, 0.05) is 30.7 Å². The first-order valence-corrected chi connectivity index (χ1v) is 10.4. The van der Waals surface area contributed by atoms with Gasteiger partial charge in [-0.3, -0.25) is 29.4 Å². The number of hydrogen-bond acceptors (Lipinski definition) is 6. The Morgan fingerprint density at radius 2 is 1.69 bits per heavy atom. The van der Waals surface area contributed by atoms with Crippen molar-refractivity contribution in [3.63, 3.8) is 0 Å². The molecule has 3 atom stereocenters. The smallest absolute Gasteiger partial charge is 0.262 e. The summed E-state index contributed by atoms with van der Waals surface area (Å²) in [5.74, 6) is -1.85. The van der Waals surface area contributed by atoms with E-state index in [9.17, 15) is 19.2 Å². The molecule has 1 aromatic rings. The number of imide groups is 2. The number of benzene rings is 1. The number of anilines is 1. The number of piperidine rings is 2. The summed E-state index contributed by atoms with van der Waals surface area (Å²) in [6.45, 7) is 1.91. The average molecular weight is 396 g/mol. The zero-order valence-corrected chi connectivity index (χ0v) is 16.1. The summed E-state index contributed by atoms with van der Waals surface area (Å²) in [6, 6.07) is 5.34. The minimum absolute atomic E-state index is 0.124. The third-order valence-electron chi connectivity index (χ3n) is 6.62. The first kappa shape index (κ1) is 18.3. The molecule has 8 nitrogen and oxygen atoms in total. The number of nitrogens with zero attached hydrogens (tertiary/aromatic N) is 2. The Morgan fingerprint density at radius 1 is 0.897 bits per heavy atom. The highest BCUT2D eigenvalue weighted by Crippen LogP contribution is 2.35. The van der Waals surface area contributed by atoms with Gasteiger partial charge in [0.15, 0.2) is 0 Å². The zero-order chi connectivity index (χ0) is 20.1. The Morgan fingerprint density at radius 3 is 2.52 bits per heavy atom. The largest absolute Gasteiger partial charge is 0.364 e.